The van der Waals surface area contributed by atoms with E-state index in [0.29, 0.717) is 11.3 Å². The molecule has 0 atom stereocenters. The maximum absolute atomic E-state index is 12.4. The van der Waals surface area contributed by atoms with Crippen LogP contribution in [0.25, 0.3) is 0 Å². The molecule has 2 aromatic carbocycles. The first kappa shape index (κ1) is 18.5. The first-order valence-electron chi connectivity index (χ1n) is 8.94. The predicted octanol–water partition coefficient (Wildman–Crippen LogP) is 3.86. The van der Waals surface area contributed by atoms with Crippen molar-refractivity contribution in [2.24, 2.45) is 0 Å². The van der Waals surface area contributed by atoms with Crippen LogP contribution in [0.4, 0.5) is 5.69 Å². The Morgan fingerprint density at radius 3 is 2.15 bits per heavy atom. The van der Waals surface area contributed by atoms with Crippen LogP contribution < -0.4 is 10.0 Å². The predicted molar refractivity (Wildman–Crippen MR) is 103 cm³/mol. The van der Waals surface area contributed by atoms with Gasteiger partial charge in [-0.2, -0.15) is 0 Å². The fourth-order valence-electron chi connectivity index (χ4n) is 3.14. The number of hydrogen-bond donors (Lipinski definition) is 2. The van der Waals surface area contributed by atoms with E-state index in [-0.39, 0.29) is 16.8 Å². The number of carbonyl (C=O) groups excluding carboxylic acids is 1. The smallest absolute Gasteiger partial charge is 0.261 e. The summed E-state index contributed by atoms with van der Waals surface area (Å²) in [5.41, 5.74) is 1.96. The van der Waals surface area contributed by atoms with Gasteiger partial charge < -0.3 is 5.32 Å². The number of aryl methyl sites for hydroxylation is 1. The quantitative estimate of drug-likeness (QED) is 0.837. The lowest BCUT2D eigenvalue weighted by Gasteiger charge is -2.22. The van der Waals surface area contributed by atoms with Gasteiger partial charge in [0.2, 0.25) is 0 Å². The summed E-state index contributed by atoms with van der Waals surface area (Å²) in [7, 11) is -3.64. The summed E-state index contributed by atoms with van der Waals surface area (Å²) >= 11 is 0. The van der Waals surface area contributed by atoms with Crippen LogP contribution in [0, 0.1) is 6.92 Å². The molecule has 0 radical (unpaired) electrons. The van der Waals surface area contributed by atoms with Gasteiger partial charge in [-0.15, -0.1) is 0 Å². The summed E-state index contributed by atoms with van der Waals surface area (Å²) in [6.45, 7) is 1.90. The van der Waals surface area contributed by atoms with Gasteiger partial charge in [0, 0.05) is 17.3 Å². The summed E-state index contributed by atoms with van der Waals surface area (Å²) in [6, 6.07) is 13.4. The van der Waals surface area contributed by atoms with Crippen molar-refractivity contribution < 1.29 is 13.2 Å². The number of benzene rings is 2. The molecular formula is C20H24N2O3S. The summed E-state index contributed by atoms with van der Waals surface area (Å²) in [5.74, 6) is -0.107. The van der Waals surface area contributed by atoms with Crippen molar-refractivity contribution >= 4 is 21.6 Å². The third-order valence-electron chi connectivity index (χ3n) is 4.67. The Labute approximate surface area is 154 Å². The van der Waals surface area contributed by atoms with Crippen molar-refractivity contribution in [2.75, 3.05) is 4.72 Å². The molecule has 2 N–H and O–H groups in total. The largest absolute Gasteiger partial charge is 0.349 e. The van der Waals surface area contributed by atoms with Gasteiger partial charge in [-0.25, -0.2) is 8.42 Å². The molecule has 3 rings (SSSR count). The number of sulfonamides is 1. The molecule has 0 spiro atoms. The Balaban J connectivity index is 1.65. The molecule has 0 aliphatic heterocycles. The van der Waals surface area contributed by atoms with Crippen molar-refractivity contribution in [3.05, 3.63) is 59.7 Å². The molecule has 138 valence electrons. The van der Waals surface area contributed by atoms with E-state index >= 15 is 0 Å². The molecule has 1 aliphatic rings. The topological polar surface area (TPSA) is 75.3 Å². The Kier molecular flexibility index (Phi) is 5.61. The van der Waals surface area contributed by atoms with Crippen molar-refractivity contribution in [1.82, 2.24) is 5.32 Å². The van der Waals surface area contributed by atoms with Gasteiger partial charge in [0.1, 0.15) is 0 Å². The minimum atomic E-state index is -3.64. The van der Waals surface area contributed by atoms with Gasteiger partial charge in [0.25, 0.3) is 15.9 Å². The molecule has 2 aromatic rings. The maximum Gasteiger partial charge on any atom is 0.261 e. The van der Waals surface area contributed by atoms with E-state index < -0.39 is 10.0 Å². The van der Waals surface area contributed by atoms with Crippen molar-refractivity contribution in [1.29, 1.82) is 0 Å². The molecule has 5 nitrogen and oxygen atoms in total. The van der Waals surface area contributed by atoms with Gasteiger partial charge in [-0.1, -0.05) is 37.0 Å². The third kappa shape index (κ3) is 4.64. The van der Waals surface area contributed by atoms with Crippen LogP contribution in [0.2, 0.25) is 0 Å². The summed E-state index contributed by atoms with van der Waals surface area (Å²) in [6.07, 6.45) is 5.61. The number of carbonyl (C=O) groups is 1. The van der Waals surface area contributed by atoms with Gasteiger partial charge in [-0.3, -0.25) is 9.52 Å². The number of amides is 1. The fourth-order valence-corrected chi connectivity index (χ4v) is 4.20. The third-order valence-corrected chi connectivity index (χ3v) is 6.07. The Morgan fingerprint density at radius 2 is 1.54 bits per heavy atom. The Hall–Kier alpha value is -2.34. The first-order chi connectivity index (χ1) is 12.4. The molecule has 26 heavy (non-hydrogen) atoms. The van der Waals surface area contributed by atoms with E-state index in [0.717, 1.165) is 31.2 Å². The number of rotatable bonds is 5. The lowest BCUT2D eigenvalue weighted by molar-refractivity contribution is 0.0927. The van der Waals surface area contributed by atoms with Crippen LogP contribution in [-0.2, 0) is 10.0 Å². The molecule has 1 aliphatic carbocycles. The maximum atomic E-state index is 12.4. The zero-order valence-corrected chi connectivity index (χ0v) is 15.7. The van der Waals surface area contributed by atoms with E-state index in [2.05, 4.69) is 10.0 Å². The van der Waals surface area contributed by atoms with Gasteiger partial charge >= 0.3 is 0 Å². The molecule has 0 bridgehead atoms. The first-order valence-corrected chi connectivity index (χ1v) is 10.4. The number of hydrogen-bond acceptors (Lipinski definition) is 3. The SMILES string of the molecule is Cc1ccc(S(=O)(=O)Nc2ccc(C(=O)NC3CCCCC3)cc2)cc1. The second-order valence-corrected chi connectivity index (χ2v) is 8.49. The molecule has 1 amide bonds. The number of anilines is 1. The molecule has 1 fully saturated rings. The zero-order chi connectivity index (χ0) is 18.6. The van der Waals surface area contributed by atoms with Crippen LogP contribution in [0.1, 0.15) is 48.0 Å². The van der Waals surface area contributed by atoms with Gasteiger partial charge in [-0.05, 0) is 56.2 Å². The lowest BCUT2D eigenvalue weighted by Crippen LogP contribution is -2.36. The second-order valence-electron chi connectivity index (χ2n) is 6.80. The van der Waals surface area contributed by atoms with Crippen LogP contribution >= 0.6 is 0 Å². The van der Waals surface area contributed by atoms with E-state index in [4.69, 9.17) is 0 Å². The van der Waals surface area contributed by atoms with Crippen LogP contribution in [0.15, 0.2) is 53.4 Å². The fraction of sp³-hybridized carbons (Fsp3) is 0.350. The standard InChI is InChI=1S/C20H24N2O3S/c1-15-7-13-19(14-8-15)26(24,25)22-18-11-9-16(10-12-18)20(23)21-17-5-3-2-4-6-17/h7-14,17,22H,2-6H2,1H3,(H,21,23). The summed E-state index contributed by atoms with van der Waals surface area (Å²) in [4.78, 5) is 12.5. The second kappa shape index (κ2) is 7.91. The van der Waals surface area contributed by atoms with E-state index in [9.17, 15) is 13.2 Å². The average Bonchev–Trinajstić information content (AvgIpc) is 2.63. The molecule has 0 heterocycles. The molecule has 0 aromatic heterocycles. The monoisotopic (exact) mass is 372 g/mol. The zero-order valence-electron chi connectivity index (χ0n) is 14.9. The Bertz CT molecular complexity index is 853. The van der Waals surface area contributed by atoms with Crippen LogP contribution in [0.3, 0.4) is 0 Å². The van der Waals surface area contributed by atoms with Crippen molar-refractivity contribution in [3.63, 3.8) is 0 Å². The van der Waals surface area contributed by atoms with E-state index in [1.807, 2.05) is 6.92 Å². The van der Waals surface area contributed by atoms with Crippen LogP contribution in [0.5, 0.6) is 0 Å². The number of nitrogens with one attached hydrogen (secondary N) is 2. The highest BCUT2D eigenvalue weighted by Gasteiger charge is 2.17. The average molecular weight is 372 g/mol. The highest BCUT2D eigenvalue weighted by molar-refractivity contribution is 7.92. The minimum absolute atomic E-state index is 0.107. The van der Waals surface area contributed by atoms with Crippen LogP contribution in [-0.4, -0.2) is 20.4 Å². The molecular weight excluding hydrogens is 348 g/mol. The van der Waals surface area contributed by atoms with Gasteiger partial charge in [0.05, 0.1) is 4.90 Å². The normalized spacial score (nSPS) is 15.4. The van der Waals surface area contributed by atoms with Crippen molar-refractivity contribution in [2.45, 2.75) is 50.0 Å². The minimum Gasteiger partial charge on any atom is -0.349 e. The molecule has 0 saturated heterocycles. The highest BCUT2D eigenvalue weighted by atomic mass is 32.2. The lowest BCUT2D eigenvalue weighted by atomic mass is 9.95. The molecule has 1 saturated carbocycles. The van der Waals surface area contributed by atoms with E-state index in [1.54, 1.807) is 48.5 Å². The van der Waals surface area contributed by atoms with Gasteiger partial charge in [0.15, 0.2) is 0 Å². The molecule has 6 heteroatoms. The summed E-state index contributed by atoms with van der Waals surface area (Å²) in [5, 5.41) is 3.06. The van der Waals surface area contributed by atoms with E-state index in [1.165, 1.54) is 6.42 Å². The Morgan fingerprint density at radius 1 is 0.923 bits per heavy atom. The van der Waals surface area contributed by atoms with Crippen molar-refractivity contribution in [3.8, 4) is 0 Å². The summed E-state index contributed by atoms with van der Waals surface area (Å²) < 4.78 is 27.3. The molecule has 0 unspecified atom stereocenters. The highest BCUT2D eigenvalue weighted by Crippen LogP contribution is 2.19.